The number of carbonyl (C=O) groups excluding carboxylic acids is 7. The van der Waals surface area contributed by atoms with Gasteiger partial charge in [-0.1, -0.05) is 224 Å². The maximum atomic E-state index is 12.7. The molecule has 472 valence electrons. The molecular formula is C66H125NO13. The van der Waals surface area contributed by atoms with Crippen LogP contribution in [-0.4, -0.2) is 98.9 Å². The summed E-state index contributed by atoms with van der Waals surface area (Å²) in [7, 11) is 0. The summed E-state index contributed by atoms with van der Waals surface area (Å²) < 4.78 is 32.3. The minimum Gasteiger partial charge on any atom is -0.466 e. The minimum atomic E-state index is -0.561. The lowest BCUT2D eigenvalue weighted by Crippen LogP contribution is -2.31. The normalized spacial score (nSPS) is 13.4. The summed E-state index contributed by atoms with van der Waals surface area (Å²) in [5, 5.41) is 0. The highest BCUT2D eigenvalue weighted by molar-refractivity contribution is 5.83. The molecule has 1 saturated carbocycles. The lowest BCUT2D eigenvalue weighted by Gasteiger charge is -2.25. The molecule has 1 heterocycles. The predicted molar refractivity (Wildman–Crippen MR) is 325 cm³/mol. The van der Waals surface area contributed by atoms with Crippen molar-refractivity contribution in [2.45, 2.75) is 320 Å². The molecule has 1 amide bonds. The number of hydrogen-bond acceptors (Lipinski definition) is 13. The van der Waals surface area contributed by atoms with Crippen molar-refractivity contribution in [3.05, 3.63) is 0 Å². The van der Waals surface area contributed by atoms with E-state index in [2.05, 4.69) is 41.5 Å². The zero-order valence-corrected chi connectivity index (χ0v) is 53.7. The van der Waals surface area contributed by atoms with Crippen LogP contribution in [0.1, 0.15) is 314 Å². The summed E-state index contributed by atoms with van der Waals surface area (Å²) in [6.45, 7) is 25.6. The molecule has 0 aromatic carbocycles. The van der Waals surface area contributed by atoms with Crippen molar-refractivity contribution >= 4 is 41.7 Å². The first-order valence-corrected chi connectivity index (χ1v) is 33.1. The number of nitrogens with zero attached hydrogens (tertiary/aromatic N) is 1. The van der Waals surface area contributed by atoms with Gasteiger partial charge in [-0.3, -0.25) is 28.8 Å². The molecule has 0 N–H and O–H groups in total. The molecule has 0 aromatic heterocycles. The average Bonchev–Trinajstić information content (AvgIpc) is 3.90. The molecule has 0 spiro atoms. The summed E-state index contributed by atoms with van der Waals surface area (Å²) in [6, 6.07) is 0. The van der Waals surface area contributed by atoms with Crippen LogP contribution in [0.3, 0.4) is 0 Å². The van der Waals surface area contributed by atoms with Gasteiger partial charge in [0.1, 0.15) is 11.9 Å². The molecule has 0 aromatic rings. The van der Waals surface area contributed by atoms with Gasteiger partial charge in [-0.2, -0.15) is 0 Å². The van der Waals surface area contributed by atoms with Gasteiger partial charge in [-0.05, 0) is 56.8 Å². The highest BCUT2D eigenvalue weighted by Gasteiger charge is 2.32. The third-order valence-electron chi connectivity index (χ3n) is 14.0. The Morgan fingerprint density at radius 2 is 0.688 bits per heavy atom. The quantitative estimate of drug-likeness (QED) is 0.0320. The number of Topliss-reactive ketones (excluding diaryl/α,β-unsaturated/α-hetero) is 1. The highest BCUT2D eigenvalue weighted by Crippen LogP contribution is 2.31. The smallest absolute Gasteiger partial charge is 0.409 e. The molecule has 2 fully saturated rings. The number of ketones is 1. The molecule has 0 radical (unpaired) electrons. The third-order valence-corrected chi connectivity index (χ3v) is 14.0. The van der Waals surface area contributed by atoms with Crippen LogP contribution in [0.15, 0.2) is 0 Å². The van der Waals surface area contributed by atoms with Gasteiger partial charge in [-0.25, -0.2) is 4.79 Å². The first-order chi connectivity index (χ1) is 38.9. The molecule has 0 bridgehead atoms. The van der Waals surface area contributed by atoms with Crippen molar-refractivity contribution in [3.63, 3.8) is 0 Å². The molecule has 1 saturated heterocycles. The van der Waals surface area contributed by atoms with Crippen LogP contribution < -0.4 is 0 Å². The second kappa shape index (κ2) is 61.4. The molecule has 2 rings (SSSR count). The Labute approximate surface area is 490 Å². The fraction of sp³-hybridized carbons (Fsp3) is 0.894. The first kappa shape index (κ1) is 80.5. The summed E-state index contributed by atoms with van der Waals surface area (Å²) in [4.78, 5) is 88.4. The van der Waals surface area contributed by atoms with Gasteiger partial charge in [0.05, 0.1) is 39.6 Å². The Hall–Kier alpha value is -3.71. The zero-order valence-electron chi connectivity index (χ0n) is 53.7. The summed E-state index contributed by atoms with van der Waals surface area (Å²) >= 11 is 0. The second-order valence-electron chi connectivity index (χ2n) is 21.5. The van der Waals surface area contributed by atoms with E-state index in [0.29, 0.717) is 46.0 Å². The van der Waals surface area contributed by atoms with Crippen molar-refractivity contribution in [2.75, 3.05) is 46.1 Å². The van der Waals surface area contributed by atoms with E-state index in [1.807, 2.05) is 34.6 Å². The largest absolute Gasteiger partial charge is 0.466 e. The number of hydrogen-bond donors (Lipinski definition) is 0. The number of unbranched alkanes of at least 4 members (excludes halogenated alkanes) is 21. The van der Waals surface area contributed by atoms with E-state index >= 15 is 0 Å². The molecule has 1 aliphatic heterocycles. The third kappa shape index (κ3) is 51.2. The van der Waals surface area contributed by atoms with Gasteiger partial charge < -0.3 is 33.3 Å². The Balaban J connectivity index is -0.00000133. The number of ether oxygens (including phenoxy) is 6. The number of likely N-dealkylation sites (tertiary alicyclic amines) is 1. The number of carbonyl (C=O) groups is 7. The summed E-state index contributed by atoms with van der Waals surface area (Å²) in [6.07, 6.45) is 33.1. The van der Waals surface area contributed by atoms with E-state index < -0.39 is 36.0 Å². The molecule has 14 heteroatoms. The SMILES string of the molecule is CC.CC.CCCC.CCCCCCCCOC(=O)CC(CC(=O)OCCCCCCCC)CC(=O)C1CCC1.CCCCCCCCOC(=O)CC(CC(=O)OCCCCCCCC)CC(=O)OC1CCN(C(=O)OCCC)C1. The molecule has 2 aliphatic rings. The maximum absolute atomic E-state index is 12.7. The van der Waals surface area contributed by atoms with E-state index in [4.69, 9.17) is 28.4 Å². The van der Waals surface area contributed by atoms with Crippen LogP contribution in [0.2, 0.25) is 0 Å². The van der Waals surface area contributed by atoms with E-state index in [1.54, 1.807) is 0 Å². The van der Waals surface area contributed by atoms with Crippen molar-refractivity contribution in [2.24, 2.45) is 17.8 Å². The molecule has 80 heavy (non-hydrogen) atoms. The van der Waals surface area contributed by atoms with Gasteiger partial charge in [0.25, 0.3) is 0 Å². The molecule has 1 aliphatic carbocycles. The minimum absolute atomic E-state index is 0.0445. The van der Waals surface area contributed by atoms with E-state index in [0.717, 1.165) is 89.9 Å². The topological polar surface area (TPSA) is 178 Å². The van der Waals surface area contributed by atoms with Crippen molar-refractivity contribution in [1.82, 2.24) is 4.90 Å². The molecule has 1 unspecified atom stereocenters. The van der Waals surface area contributed by atoms with Gasteiger partial charge in [0.2, 0.25) is 0 Å². The molecule has 14 nitrogen and oxygen atoms in total. The zero-order chi connectivity index (χ0) is 60.3. The van der Waals surface area contributed by atoms with Gasteiger partial charge in [0.15, 0.2) is 0 Å². The monoisotopic (exact) mass is 1140 g/mol. The van der Waals surface area contributed by atoms with Gasteiger partial charge in [0, 0.05) is 57.4 Å². The number of esters is 5. The lowest BCUT2D eigenvalue weighted by atomic mass is 9.78. The van der Waals surface area contributed by atoms with E-state index in [1.165, 1.54) is 108 Å². The van der Waals surface area contributed by atoms with Crippen LogP contribution in [0, 0.1) is 17.8 Å². The maximum Gasteiger partial charge on any atom is 0.409 e. The molecule has 1 atom stereocenters. The summed E-state index contributed by atoms with van der Waals surface area (Å²) in [5.41, 5.74) is 0. The number of rotatable bonds is 45. The average molecular weight is 1140 g/mol. The second-order valence-corrected chi connectivity index (χ2v) is 21.5. The van der Waals surface area contributed by atoms with Crippen molar-refractivity contribution in [3.8, 4) is 0 Å². The fourth-order valence-corrected chi connectivity index (χ4v) is 8.81. The number of amides is 1. The Morgan fingerprint density at radius 3 is 1.00 bits per heavy atom. The van der Waals surface area contributed by atoms with Crippen LogP contribution in [-0.2, 0) is 57.2 Å². The fourth-order valence-electron chi connectivity index (χ4n) is 8.81. The van der Waals surface area contributed by atoms with Crippen molar-refractivity contribution < 1.29 is 62.0 Å². The van der Waals surface area contributed by atoms with Crippen LogP contribution in [0.25, 0.3) is 0 Å². The van der Waals surface area contributed by atoms with Crippen LogP contribution in [0.5, 0.6) is 0 Å². The Morgan fingerprint density at radius 1 is 0.362 bits per heavy atom. The predicted octanol–water partition coefficient (Wildman–Crippen LogP) is 17.6. The first-order valence-electron chi connectivity index (χ1n) is 33.1. The van der Waals surface area contributed by atoms with E-state index in [-0.39, 0.29) is 74.6 Å². The van der Waals surface area contributed by atoms with Gasteiger partial charge >= 0.3 is 35.9 Å². The van der Waals surface area contributed by atoms with Crippen LogP contribution >= 0.6 is 0 Å². The van der Waals surface area contributed by atoms with Crippen LogP contribution in [0.4, 0.5) is 4.79 Å². The Kier molecular flexibility index (Phi) is 61.8. The van der Waals surface area contributed by atoms with Crippen molar-refractivity contribution in [1.29, 1.82) is 0 Å². The Bertz CT molecular complexity index is 1400. The standard InChI is InChI=1S/C31H55NO8.C27H48O5.C4H10.2C2H6/c1-4-7-9-11-13-15-20-37-28(33)22-26(23-29(34)38-21-16-14-12-10-8-5-2)24-30(35)40-27-17-18-32(25-27)31(36)39-19-6-3;1-3-5-7-9-11-13-18-31-26(29)21-23(20-25(28)24-16-15-17-24)22-27(30)32-19-14-12-10-8-6-4-2;1-3-4-2;2*1-2/h26-27H,4-25H2,1-3H3;23-24H,3-22H2,1-2H3;3-4H2,1-2H3;2*1-2H3. The molecular weight excluding hydrogens is 1010 g/mol. The highest BCUT2D eigenvalue weighted by atomic mass is 16.6. The summed E-state index contributed by atoms with van der Waals surface area (Å²) in [5.74, 6) is -2.48. The lowest BCUT2D eigenvalue weighted by molar-refractivity contribution is -0.153. The van der Waals surface area contributed by atoms with E-state index in [9.17, 15) is 33.6 Å². The van der Waals surface area contributed by atoms with Gasteiger partial charge in [-0.15, -0.1) is 0 Å².